The molecule has 1 atom stereocenters. The molecular weight excluding hydrogens is 232 g/mol. The fourth-order valence-electron chi connectivity index (χ4n) is 3.08. The van der Waals surface area contributed by atoms with Gasteiger partial charge >= 0.3 is 0 Å². The smallest absolute Gasteiger partial charge is 0.0942 e. The molecule has 2 aromatic carbocycles. The van der Waals surface area contributed by atoms with Crippen LogP contribution in [0.2, 0.25) is 0 Å². The quantitative estimate of drug-likeness (QED) is 0.884. The number of hydrogen-bond donors (Lipinski definition) is 1. The highest BCUT2D eigenvalue weighted by Crippen LogP contribution is 2.39. The van der Waals surface area contributed by atoms with Crippen LogP contribution >= 0.6 is 0 Å². The van der Waals surface area contributed by atoms with Gasteiger partial charge in [-0.1, -0.05) is 55.5 Å². The van der Waals surface area contributed by atoms with Crippen LogP contribution in [-0.4, -0.2) is 5.11 Å². The molecule has 0 heterocycles. The third-order valence-corrected chi connectivity index (χ3v) is 4.25. The molecule has 1 heteroatoms. The van der Waals surface area contributed by atoms with Gasteiger partial charge in [0.2, 0.25) is 0 Å². The first-order valence-electron chi connectivity index (χ1n) is 7.10. The van der Waals surface area contributed by atoms with Gasteiger partial charge in [-0.3, -0.25) is 0 Å². The topological polar surface area (TPSA) is 20.2 Å². The molecule has 0 amide bonds. The van der Waals surface area contributed by atoms with Crippen molar-refractivity contribution in [2.45, 2.75) is 38.2 Å². The largest absolute Gasteiger partial charge is 0.385 e. The van der Waals surface area contributed by atoms with Gasteiger partial charge in [0.05, 0.1) is 5.60 Å². The molecule has 0 aromatic heterocycles. The van der Waals surface area contributed by atoms with Crippen molar-refractivity contribution < 1.29 is 5.11 Å². The van der Waals surface area contributed by atoms with Crippen LogP contribution in [0.3, 0.4) is 0 Å². The van der Waals surface area contributed by atoms with E-state index in [1.165, 1.54) is 16.7 Å². The first-order valence-corrected chi connectivity index (χ1v) is 7.10. The van der Waals surface area contributed by atoms with Gasteiger partial charge in [-0.15, -0.1) is 0 Å². The van der Waals surface area contributed by atoms with Gasteiger partial charge in [0.25, 0.3) is 0 Å². The molecule has 1 nitrogen and oxygen atoms in total. The molecule has 0 spiro atoms. The summed E-state index contributed by atoms with van der Waals surface area (Å²) in [5.41, 5.74) is 4.31. The summed E-state index contributed by atoms with van der Waals surface area (Å²) >= 11 is 0. The SMILES string of the molecule is CCc1ccc(CC2(O)CCc3ccccc32)cc1. The summed E-state index contributed by atoms with van der Waals surface area (Å²) in [5.74, 6) is 0. The molecule has 0 saturated heterocycles. The lowest BCUT2D eigenvalue weighted by molar-refractivity contribution is 0.0389. The van der Waals surface area contributed by atoms with Gasteiger partial charge in [-0.2, -0.15) is 0 Å². The molecule has 2 aromatic rings. The zero-order valence-corrected chi connectivity index (χ0v) is 11.4. The molecule has 98 valence electrons. The number of benzene rings is 2. The molecule has 0 saturated carbocycles. The molecule has 1 unspecified atom stereocenters. The van der Waals surface area contributed by atoms with Crippen molar-refractivity contribution in [2.75, 3.05) is 0 Å². The Morgan fingerprint density at radius 3 is 2.42 bits per heavy atom. The predicted octanol–water partition coefficient (Wildman–Crippen LogP) is 3.63. The first kappa shape index (κ1) is 12.4. The molecule has 0 aliphatic heterocycles. The molecule has 19 heavy (non-hydrogen) atoms. The molecular formula is C18H20O. The van der Waals surface area contributed by atoms with Crippen LogP contribution in [0.25, 0.3) is 0 Å². The Bertz CT molecular complexity index is 570. The standard InChI is InChI=1S/C18H20O/c1-2-14-7-9-15(10-8-14)13-18(19)12-11-16-5-3-4-6-17(16)18/h3-10,19H,2,11-13H2,1H3. The maximum atomic E-state index is 10.9. The number of aryl methyl sites for hydroxylation is 2. The van der Waals surface area contributed by atoms with Gasteiger partial charge in [0, 0.05) is 6.42 Å². The van der Waals surface area contributed by atoms with Crippen molar-refractivity contribution >= 4 is 0 Å². The third-order valence-electron chi connectivity index (χ3n) is 4.25. The second-order valence-electron chi connectivity index (χ2n) is 5.54. The first-order chi connectivity index (χ1) is 9.21. The van der Waals surface area contributed by atoms with Crippen molar-refractivity contribution in [1.29, 1.82) is 0 Å². The number of hydrogen-bond acceptors (Lipinski definition) is 1. The normalized spacial score (nSPS) is 21.4. The van der Waals surface area contributed by atoms with Crippen LogP contribution in [0.1, 0.15) is 35.6 Å². The third kappa shape index (κ3) is 2.31. The highest BCUT2D eigenvalue weighted by molar-refractivity contribution is 5.39. The highest BCUT2D eigenvalue weighted by Gasteiger charge is 2.36. The van der Waals surface area contributed by atoms with Crippen molar-refractivity contribution in [3.63, 3.8) is 0 Å². The van der Waals surface area contributed by atoms with E-state index < -0.39 is 5.60 Å². The Labute approximate surface area is 114 Å². The van der Waals surface area contributed by atoms with E-state index in [2.05, 4.69) is 49.4 Å². The van der Waals surface area contributed by atoms with Crippen LogP contribution in [0.5, 0.6) is 0 Å². The van der Waals surface area contributed by atoms with Crippen molar-refractivity contribution in [1.82, 2.24) is 0 Å². The second kappa shape index (κ2) is 4.82. The van der Waals surface area contributed by atoms with Gasteiger partial charge in [-0.05, 0) is 41.5 Å². The van der Waals surface area contributed by atoms with E-state index in [-0.39, 0.29) is 0 Å². The lowest BCUT2D eigenvalue weighted by atomic mass is 9.88. The molecule has 0 fully saturated rings. The average Bonchev–Trinajstić information content (AvgIpc) is 2.78. The Kier molecular flexibility index (Phi) is 3.16. The lowest BCUT2D eigenvalue weighted by Gasteiger charge is -2.24. The van der Waals surface area contributed by atoms with Crippen LogP contribution < -0.4 is 0 Å². The van der Waals surface area contributed by atoms with E-state index in [1.807, 2.05) is 6.07 Å². The van der Waals surface area contributed by atoms with E-state index in [4.69, 9.17) is 0 Å². The second-order valence-corrected chi connectivity index (χ2v) is 5.54. The summed E-state index contributed by atoms with van der Waals surface area (Å²) in [5, 5.41) is 10.9. The van der Waals surface area contributed by atoms with Crippen LogP contribution in [-0.2, 0) is 24.9 Å². The molecule has 1 aliphatic carbocycles. The summed E-state index contributed by atoms with van der Waals surface area (Å²) in [4.78, 5) is 0. The molecule has 1 aliphatic rings. The van der Waals surface area contributed by atoms with Crippen LogP contribution in [0.15, 0.2) is 48.5 Å². The Balaban J connectivity index is 1.86. The maximum Gasteiger partial charge on any atom is 0.0942 e. The molecule has 3 rings (SSSR count). The molecule has 0 bridgehead atoms. The zero-order valence-electron chi connectivity index (χ0n) is 11.4. The minimum Gasteiger partial charge on any atom is -0.385 e. The summed E-state index contributed by atoms with van der Waals surface area (Å²) in [6.07, 6.45) is 3.60. The molecule has 0 radical (unpaired) electrons. The summed E-state index contributed by atoms with van der Waals surface area (Å²) in [6, 6.07) is 16.9. The van der Waals surface area contributed by atoms with Crippen LogP contribution in [0.4, 0.5) is 0 Å². The van der Waals surface area contributed by atoms with Crippen molar-refractivity contribution in [3.8, 4) is 0 Å². The fraction of sp³-hybridized carbons (Fsp3) is 0.333. The van der Waals surface area contributed by atoms with Gasteiger partial charge in [0.15, 0.2) is 0 Å². The van der Waals surface area contributed by atoms with Crippen molar-refractivity contribution in [2.24, 2.45) is 0 Å². The Hall–Kier alpha value is -1.60. The Morgan fingerprint density at radius 1 is 1.00 bits per heavy atom. The predicted molar refractivity (Wildman–Crippen MR) is 78.2 cm³/mol. The average molecular weight is 252 g/mol. The van der Waals surface area contributed by atoms with E-state index >= 15 is 0 Å². The summed E-state index contributed by atoms with van der Waals surface area (Å²) in [6.45, 7) is 2.16. The number of rotatable bonds is 3. The maximum absolute atomic E-state index is 10.9. The lowest BCUT2D eigenvalue weighted by Crippen LogP contribution is -2.25. The van der Waals surface area contributed by atoms with E-state index in [9.17, 15) is 5.11 Å². The summed E-state index contributed by atoms with van der Waals surface area (Å²) < 4.78 is 0. The van der Waals surface area contributed by atoms with Gasteiger partial charge in [0.1, 0.15) is 0 Å². The zero-order chi connectivity index (χ0) is 13.3. The highest BCUT2D eigenvalue weighted by atomic mass is 16.3. The number of fused-ring (bicyclic) bond motifs is 1. The minimum absolute atomic E-state index is 0.676. The van der Waals surface area contributed by atoms with E-state index in [0.29, 0.717) is 6.42 Å². The molecule has 1 N–H and O–H groups in total. The summed E-state index contributed by atoms with van der Waals surface area (Å²) in [7, 11) is 0. The van der Waals surface area contributed by atoms with Crippen LogP contribution in [0, 0.1) is 0 Å². The monoisotopic (exact) mass is 252 g/mol. The van der Waals surface area contributed by atoms with Gasteiger partial charge in [-0.25, -0.2) is 0 Å². The minimum atomic E-state index is -0.676. The van der Waals surface area contributed by atoms with E-state index in [1.54, 1.807) is 0 Å². The van der Waals surface area contributed by atoms with Crippen molar-refractivity contribution in [3.05, 3.63) is 70.8 Å². The van der Waals surface area contributed by atoms with Gasteiger partial charge < -0.3 is 5.11 Å². The fourth-order valence-corrected chi connectivity index (χ4v) is 3.08. The Morgan fingerprint density at radius 2 is 1.68 bits per heavy atom. The number of aliphatic hydroxyl groups is 1. The van der Waals surface area contributed by atoms with E-state index in [0.717, 1.165) is 24.8 Å².